The zero-order valence-corrected chi connectivity index (χ0v) is 9.68. The molecule has 0 spiro atoms. The lowest BCUT2D eigenvalue weighted by Gasteiger charge is -2.26. The molecule has 16 heavy (non-hydrogen) atoms. The third-order valence-electron chi connectivity index (χ3n) is 2.91. The van der Waals surface area contributed by atoms with Gasteiger partial charge in [-0.15, -0.1) is 0 Å². The fraction of sp³-hybridized carbons (Fsp3) is 0.462. The van der Waals surface area contributed by atoms with Crippen LogP contribution in [-0.2, 0) is 11.2 Å². The Morgan fingerprint density at radius 1 is 1.38 bits per heavy atom. The number of aryl methyl sites for hydroxylation is 1. The first-order valence-electron chi connectivity index (χ1n) is 5.40. The van der Waals surface area contributed by atoms with E-state index >= 15 is 0 Å². The zero-order chi connectivity index (χ0) is 12.2. The molecule has 0 unspecified atom stereocenters. The molecule has 0 radical (unpaired) electrons. The van der Waals surface area contributed by atoms with Gasteiger partial charge >= 0.3 is 0 Å². The van der Waals surface area contributed by atoms with E-state index in [0.717, 1.165) is 5.56 Å². The number of benzene rings is 1. The van der Waals surface area contributed by atoms with Crippen molar-refractivity contribution in [2.75, 3.05) is 0 Å². The van der Waals surface area contributed by atoms with Crippen molar-refractivity contribution in [3.8, 4) is 0 Å². The number of ketones is 1. The highest BCUT2D eigenvalue weighted by molar-refractivity contribution is 5.84. The Labute approximate surface area is 95.7 Å². The van der Waals surface area contributed by atoms with Crippen molar-refractivity contribution >= 4 is 5.78 Å². The van der Waals surface area contributed by atoms with Crippen molar-refractivity contribution in [1.82, 2.24) is 0 Å². The summed E-state index contributed by atoms with van der Waals surface area (Å²) >= 11 is 0. The van der Waals surface area contributed by atoms with Gasteiger partial charge in [0.2, 0.25) is 0 Å². The van der Waals surface area contributed by atoms with E-state index in [1.54, 1.807) is 0 Å². The van der Waals surface area contributed by atoms with Crippen LogP contribution < -0.4 is 0 Å². The Hall–Kier alpha value is -1.19. The maximum atomic E-state index is 11.1. The number of hydrogen-bond donors (Lipinski definition) is 2. The Kier molecular flexibility index (Phi) is 4.21. The van der Waals surface area contributed by atoms with Gasteiger partial charge in [0.15, 0.2) is 5.78 Å². The van der Waals surface area contributed by atoms with Crippen LogP contribution in [0.4, 0.5) is 0 Å². The maximum absolute atomic E-state index is 11.1. The molecular weight excluding hydrogens is 204 g/mol. The summed E-state index contributed by atoms with van der Waals surface area (Å²) in [6.07, 6.45) is -0.00705. The zero-order valence-electron chi connectivity index (χ0n) is 9.68. The molecule has 0 fully saturated rings. The molecule has 0 aliphatic carbocycles. The second kappa shape index (κ2) is 5.23. The van der Waals surface area contributed by atoms with E-state index in [2.05, 4.69) is 0 Å². The monoisotopic (exact) mass is 222 g/mol. The van der Waals surface area contributed by atoms with Gasteiger partial charge in [-0.1, -0.05) is 30.3 Å². The predicted molar refractivity (Wildman–Crippen MR) is 62.1 cm³/mol. The minimum atomic E-state index is -1.64. The standard InChI is InChI=1S/C13H18O3/c1-10(14)13(2,16)12(15)9-8-11-6-4-3-5-7-11/h3-7,12,15-16H,8-9H2,1-2H3/t12-,13+/m0/s1. The van der Waals surface area contributed by atoms with Gasteiger partial charge in [-0.3, -0.25) is 4.79 Å². The van der Waals surface area contributed by atoms with E-state index in [9.17, 15) is 15.0 Å². The summed E-state index contributed by atoms with van der Waals surface area (Å²) < 4.78 is 0. The molecule has 0 aliphatic heterocycles. The van der Waals surface area contributed by atoms with E-state index in [1.165, 1.54) is 13.8 Å². The Bertz CT molecular complexity index is 343. The molecule has 1 rings (SSSR count). The largest absolute Gasteiger partial charge is 0.390 e. The van der Waals surface area contributed by atoms with Crippen LogP contribution in [0, 0.1) is 0 Å². The first-order valence-corrected chi connectivity index (χ1v) is 5.40. The van der Waals surface area contributed by atoms with Crippen LogP contribution in [0.15, 0.2) is 30.3 Å². The smallest absolute Gasteiger partial charge is 0.163 e. The molecule has 0 saturated carbocycles. The summed E-state index contributed by atoms with van der Waals surface area (Å²) in [6, 6.07) is 9.67. The summed E-state index contributed by atoms with van der Waals surface area (Å²) in [7, 11) is 0. The van der Waals surface area contributed by atoms with E-state index in [4.69, 9.17) is 0 Å². The second-order valence-corrected chi connectivity index (χ2v) is 4.24. The van der Waals surface area contributed by atoms with Crippen LogP contribution in [0.5, 0.6) is 0 Å². The molecule has 2 N–H and O–H groups in total. The number of aliphatic hydroxyl groups excluding tert-OH is 1. The van der Waals surface area contributed by atoms with Crippen LogP contribution in [0.3, 0.4) is 0 Å². The number of carbonyl (C=O) groups excluding carboxylic acids is 1. The molecule has 0 amide bonds. The molecule has 0 aromatic heterocycles. The van der Waals surface area contributed by atoms with E-state index in [1.807, 2.05) is 30.3 Å². The lowest BCUT2D eigenvalue weighted by Crippen LogP contribution is -2.45. The summed E-state index contributed by atoms with van der Waals surface area (Å²) in [5, 5.41) is 19.5. The average Bonchev–Trinajstić information content (AvgIpc) is 2.27. The topological polar surface area (TPSA) is 57.5 Å². The molecule has 0 saturated heterocycles. The lowest BCUT2D eigenvalue weighted by atomic mass is 9.90. The van der Waals surface area contributed by atoms with E-state index < -0.39 is 17.5 Å². The highest BCUT2D eigenvalue weighted by Gasteiger charge is 2.34. The number of carbonyl (C=O) groups is 1. The molecule has 0 bridgehead atoms. The summed E-state index contributed by atoms with van der Waals surface area (Å²) in [4.78, 5) is 11.1. The highest BCUT2D eigenvalue weighted by atomic mass is 16.3. The van der Waals surface area contributed by atoms with Crippen molar-refractivity contribution < 1.29 is 15.0 Å². The van der Waals surface area contributed by atoms with Gasteiger partial charge in [0, 0.05) is 0 Å². The molecule has 1 aromatic rings. The Morgan fingerprint density at radius 2 is 1.94 bits per heavy atom. The van der Waals surface area contributed by atoms with Gasteiger partial charge in [-0.25, -0.2) is 0 Å². The van der Waals surface area contributed by atoms with E-state index in [-0.39, 0.29) is 0 Å². The molecular formula is C13H18O3. The van der Waals surface area contributed by atoms with Crippen LogP contribution in [0.1, 0.15) is 25.8 Å². The molecule has 0 aliphatic rings. The van der Waals surface area contributed by atoms with Crippen LogP contribution in [-0.4, -0.2) is 27.7 Å². The van der Waals surface area contributed by atoms with Gasteiger partial charge in [-0.2, -0.15) is 0 Å². The lowest BCUT2D eigenvalue weighted by molar-refractivity contribution is -0.145. The number of hydrogen-bond acceptors (Lipinski definition) is 3. The van der Waals surface area contributed by atoms with Gasteiger partial charge in [-0.05, 0) is 32.3 Å². The van der Waals surface area contributed by atoms with Crippen molar-refractivity contribution in [3.05, 3.63) is 35.9 Å². The molecule has 2 atom stereocenters. The van der Waals surface area contributed by atoms with Crippen molar-refractivity contribution in [2.24, 2.45) is 0 Å². The first kappa shape index (κ1) is 12.9. The molecule has 1 aromatic carbocycles. The molecule has 0 heterocycles. The van der Waals surface area contributed by atoms with Crippen LogP contribution in [0.2, 0.25) is 0 Å². The third kappa shape index (κ3) is 3.15. The summed E-state index contributed by atoms with van der Waals surface area (Å²) in [5.74, 6) is -0.409. The SMILES string of the molecule is CC(=O)[C@@](C)(O)[C@@H](O)CCc1ccccc1. The maximum Gasteiger partial charge on any atom is 0.163 e. The van der Waals surface area contributed by atoms with Crippen molar-refractivity contribution in [1.29, 1.82) is 0 Å². The number of Topliss-reactive ketones (excluding diaryl/α,β-unsaturated/α-hetero) is 1. The van der Waals surface area contributed by atoms with Gasteiger partial charge in [0.05, 0.1) is 6.10 Å². The number of rotatable bonds is 5. The normalized spacial score (nSPS) is 16.5. The van der Waals surface area contributed by atoms with Crippen LogP contribution >= 0.6 is 0 Å². The quantitative estimate of drug-likeness (QED) is 0.790. The highest BCUT2D eigenvalue weighted by Crippen LogP contribution is 2.16. The number of aliphatic hydroxyl groups is 2. The van der Waals surface area contributed by atoms with E-state index in [0.29, 0.717) is 12.8 Å². The van der Waals surface area contributed by atoms with Gasteiger partial charge < -0.3 is 10.2 Å². The first-order chi connectivity index (χ1) is 7.44. The Morgan fingerprint density at radius 3 is 2.44 bits per heavy atom. The fourth-order valence-electron chi connectivity index (χ4n) is 1.46. The average molecular weight is 222 g/mol. The molecule has 3 nitrogen and oxygen atoms in total. The minimum Gasteiger partial charge on any atom is -0.390 e. The third-order valence-corrected chi connectivity index (χ3v) is 2.91. The molecule has 3 heteroatoms. The Balaban J connectivity index is 2.53. The van der Waals surface area contributed by atoms with Crippen LogP contribution in [0.25, 0.3) is 0 Å². The van der Waals surface area contributed by atoms with Gasteiger partial charge in [0.25, 0.3) is 0 Å². The summed E-state index contributed by atoms with van der Waals surface area (Å²) in [5.41, 5.74) is -0.560. The van der Waals surface area contributed by atoms with Gasteiger partial charge in [0.1, 0.15) is 5.60 Å². The minimum absolute atomic E-state index is 0.372. The summed E-state index contributed by atoms with van der Waals surface area (Å²) in [6.45, 7) is 2.64. The predicted octanol–water partition coefficient (Wildman–Crippen LogP) is 1.32. The van der Waals surface area contributed by atoms with Crippen molar-refractivity contribution in [2.45, 2.75) is 38.4 Å². The van der Waals surface area contributed by atoms with Crippen molar-refractivity contribution in [3.63, 3.8) is 0 Å². The molecule has 88 valence electrons. The fourth-order valence-corrected chi connectivity index (χ4v) is 1.46. The second-order valence-electron chi connectivity index (χ2n) is 4.24.